The molecule has 0 aliphatic carbocycles. The third-order valence-electron chi connectivity index (χ3n) is 4.30. The van der Waals surface area contributed by atoms with Crippen LogP contribution in [0.1, 0.15) is 5.82 Å². The number of para-hydroxylation sites is 2. The summed E-state index contributed by atoms with van der Waals surface area (Å²) in [4.78, 5) is 4.65. The van der Waals surface area contributed by atoms with Crippen LogP contribution in [0.3, 0.4) is 0 Å². The third-order valence-corrected chi connectivity index (χ3v) is 5.76. The quantitative estimate of drug-likeness (QED) is 0.741. The number of aromatic nitrogens is 2. The summed E-state index contributed by atoms with van der Waals surface area (Å²) in [6.45, 7) is 3.55. The van der Waals surface area contributed by atoms with E-state index >= 15 is 0 Å². The first-order chi connectivity index (χ1) is 12.5. The topological polar surface area (TPSA) is 82.5 Å². The molecule has 136 valence electrons. The Kier molecular flexibility index (Phi) is 4.29. The number of aryl methyl sites for hydroxylation is 1. The van der Waals surface area contributed by atoms with Gasteiger partial charge in [0.25, 0.3) is 0 Å². The van der Waals surface area contributed by atoms with Crippen molar-refractivity contribution in [1.29, 1.82) is 0 Å². The van der Waals surface area contributed by atoms with Crippen molar-refractivity contribution in [2.75, 3.05) is 19.8 Å². The molecule has 8 heteroatoms. The van der Waals surface area contributed by atoms with Gasteiger partial charge in [-0.3, -0.25) is 0 Å². The molecule has 0 spiro atoms. The molecule has 0 saturated carbocycles. The number of hydrogen-bond acceptors (Lipinski definition) is 5. The van der Waals surface area contributed by atoms with Crippen LogP contribution in [-0.2, 0) is 16.6 Å². The van der Waals surface area contributed by atoms with Gasteiger partial charge in [0.15, 0.2) is 11.5 Å². The van der Waals surface area contributed by atoms with E-state index in [1.165, 1.54) is 12.1 Å². The van der Waals surface area contributed by atoms with Gasteiger partial charge >= 0.3 is 0 Å². The molecule has 0 amide bonds. The Balaban J connectivity index is 1.49. The second kappa shape index (κ2) is 6.62. The van der Waals surface area contributed by atoms with Crippen molar-refractivity contribution in [3.8, 4) is 11.5 Å². The first-order valence-electron chi connectivity index (χ1n) is 8.36. The Bertz CT molecular complexity index is 1060. The van der Waals surface area contributed by atoms with Crippen molar-refractivity contribution >= 4 is 21.1 Å². The second-order valence-corrected chi connectivity index (χ2v) is 7.77. The maximum absolute atomic E-state index is 12.6. The summed E-state index contributed by atoms with van der Waals surface area (Å²) in [7, 11) is -3.63. The maximum Gasteiger partial charge on any atom is 0.240 e. The van der Waals surface area contributed by atoms with Gasteiger partial charge in [0, 0.05) is 19.2 Å². The molecule has 0 saturated heterocycles. The highest BCUT2D eigenvalue weighted by molar-refractivity contribution is 7.89. The van der Waals surface area contributed by atoms with Crippen LogP contribution in [0.5, 0.6) is 11.5 Å². The van der Waals surface area contributed by atoms with Crippen LogP contribution in [-0.4, -0.2) is 37.7 Å². The molecular formula is C18H19N3O4S. The van der Waals surface area contributed by atoms with Crippen molar-refractivity contribution in [1.82, 2.24) is 14.3 Å². The molecule has 0 atom stereocenters. The minimum absolute atomic E-state index is 0.161. The molecule has 1 aliphatic heterocycles. The average molecular weight is 373 g/mol. The summed E-state index contributed by atoms with van der Waals surface area (Å²) in [6, 6.07) is 12.4. The number of hydrogen-bond donors (Lipinski definition) is 1. The van der Waals surface area contributed by atoms with Crippen LogP contribution in [0.15, 0.2) is 47.4 Å². The van der Waals surface area contributed by atoms with Gasteiger partial charge in [-0.25, -0.2) is 18.1 Å². The van der Waals surface area contributed by atoms with E-state index in [0.717, 1.165) is 16.9 Å². The fourth-order valence-corrected chi connectivity index (χ4v) is 4.08. The normalized spacial score (nSPS) is 13.9. The lowest BCUT2D eigenvalue weighted by molar-refractivity contribution is 0.171. The fourth-order valence-electron chi connectivity index (χ4n) is 3.04. The van der Waals surface area contributed by atoms with Crippen molar-refractivity contribution < 1.29 is 17.9 Å². The van der Waals surface area contributed by atoms with Gasteiger partial charge in [0.2, 0.25) is 10.0 Å². The Morgan fingerprint density at radius 1 is 1.12 bits per heavy atom. The molecule has 7 nitrogen and oxygen atoms in total. The van der Waals surface area contributed by atoms with Crippen LogP contribution in [0, 0.1) is 6.92 Å². The molecule has 3 aromatic rings. The van der Waals surface area contributed by atoms with E-state index in [1.807, 2.05) is 35.8 Å². The Labute approximate surface area is 151 Å². The maximum atomic E-state index is 12.6. The summed E-state index contributed by atoms with van der Waals surface area (Å²) in [6.07, 6.45) is 0. The van der Waals surface area contributed by atoms with Crippen LogP contribution in [0.25, 0.3) is 11.0 Å². The lowest BCUT2D eigenvalue weighted by atomic mass is 10.3. The standard InChI is InChI=1S/C18H19N3O4S/c1-13-20-15-4-2-3-5-16(15)21(13)9-8-19-26(22,23)14-6-7-17-18(12-14)25-11-10-24-17/h2-7,12,19H,8-11H2,1H3. The van der Waals surface area contributed by atoms with E-state index in [-0.39, 0.29) is 11.4 Å². The van der Waals surface area contributed by atoms with Gasteiger partial charge < -0.3 is 14.0 Å². The molecule has 4 rings (SSSR count). The summed E-state index contributed by atoms with van der Waals surface area (Å²) in [5, 5.41) is 0. The highest BCUT2D eigenvalue weighted by Crippen LogP contribution is 2.32. The smallest absolute Gasteiger partial charge is 0.240 e. The number of ether oxygens (including phenoxy) is 2. The Hall–Kier alpha value is -2.58. The Morgan fingerprint density at radius 3 is 2.73 bits per heavy atom. The zero-order chi connectivity index (χ0) is 18.1. The van der Waals surface area contributed by atoms with Crippen molar-refractivity contribution in [2.45, 2.75) is 18.4 Å². The van der Waals surface area contributed by atoms with Crippen LogP contribution in [0.2, 0.25) is 0 Å². The van der Waals surface area contributed by atoms with E-state index in [4.69, 9.17) is 9.47 Å². The zero-order valence-corrected chi connectivity index (χ0v) is 15.1. The monoisotopic (exact) mass is 373 g/mol. The summed E-state index contributed by atoms with van der Waals surface area (Å²) in [5.41, 5.74) is 1.89. The number of fused-ring (bicyclic) bond motifs is 2. The first-order valence-corrected chi connectivity index (χ1v) is 9.84. The van der Waals surface area contributed by atoms with Crippen LogP contribution in [0.4, 0.5) is 0 Å². The molecule has 26 heavy (non-hydrogen) atoms. The van der Waals surface area contributed by atoms with Crippen LogP contribution >= 0.6 is 0 Å². The van der Waals surface area contributed by atoms with Gasteiger partial charge in [-0.05, 0) is 31.2 Å². The number of rotatable bonds is 5. The lowest BCUT2D eigenvalue weighted by Gasteiger charge is -2.19. The minimum Gasteiger partial charge on any atom is -0.486 e. The third kappa shape index (κ3) is 3.13. The molecule has 1 aromatic heterocycles. The number of nitrogens with zero attached hydrogens (tertiary/aromatic N) is 2. The molecule has 0 fully saturated rings. The molecule has 0 unspecified atom stereocenters. The van der Waals surface area contributed by atoms with Gasteiger partial charge in [-0.1, -0.05) is 12.1 Å². The summed E-state index contributed by atoms with van der Waals surface area (Å²) >= 11 is 0. The second-order valence-electron chi connectivity index (χ2n) is 6.00. The van der Waals surface area contributed by atoms with E-state index < -0.39 is 10.0 Å². The zero-order valence-electron chi connectivity index (χ0n) is 14.3. The van der Waals surface area contributed by atoms with Crippen molar-refractivity contribution in [3.05, 3.63) is 48.3 Å². The number of imidazole rings is 1. The van der Waals surface area contributed by atoms with Gasteiger partial charge in [0.1, 0.15) is 19.0 Å². The van der Waals surface area contributed by atoms with Crippen molar-refractivity contribution in [3.63, 3.8) is 0 Å². The Morgan fingerprint density at radius 2 is 1.88 bits per heavy atom. The first kappa shape index (κ1) is 16.9. The SMILES string of the molecule is Cc1nc2ccccc2n1CCNS(=O)(=O)c1ccc2c(c1)OCCO2. The largest absolute Gasteiger partial charge is 0.486 e. The summed E-state index contributed by atoms with van der Waals surface area (Å²) in [5.74, 6) is 1.87. The molecule has 0 radical (unpaired) electrons. The van der Waals surface area contributed by atoms with Gasteiger partial charge in [0.05, 0.1) is 15.9 Å². The predicted molar refractivity (Wildman–Crippen MR) is 97.1 cm³/mol. The van der Waals surface area contributed by atoms with Crippen LogP contribution < -0.4 is 14.2 Å². The van der Waals surface area contributed by atoms with E-state index in [2.05, 4.69) is 9.71 Å². The number of nitrogens with one attached hydrogen (secondary N) is 1. The average Bonchev–Trinajstić information content (AvgIpc) is 2.97. The minimum atomic E-state index is -3.63. The predicted octanol–water partition coefficient (Wildman–Crippen LogP) is 2.09. The molecule has 1 aliphatic rings. The highest BCUT2D eigenvalue weighted by Gasteiger charge is 2.19. The lowest BCUT2D eigenvalue weighted by Crippen LogP contribution is -2.28. The number of benzene rings is 2. The number of sulfonamides is 1. The molecular weight excluding hydrogens is 354 g/mol. The van der Waals surface area contributed by atoms with E-state index in [1.54, 1.807) is 6.07 Å². The summed E-state index contributed by atoms with van der Waals surface area (Å²) < 4.78 is 40.6. The van der Waals surface area contributed by atoms with Gasteiger partial charge in [-0.2, -0.15) is 0 Å². The van der Waals surface area contributed by atoms with E-state index in [0.29, 0.717) is 31.3 Å². The van der Waals surface area contributed by atoms with Crippen molar-refractivity contribution in [2.24, 2.45) is 0 Å². The van der Waals surface area contributed by atoms with E-state index in [9.17, 15) is 8.42 Å². The molecule has 1 N–H and O–H groups in total. The fraction of sp³-hybridized carbons (Fsp3) is 0.278. The van der Waals surface area contributed by atoms with Gasteiger partial charge in [-0.15, -0.1) is 0 Å². The highest BCUT2D eigenvalue weighted by atomic mass is 32.2. The molecule has 2 aromatic carbocycles. The molecule has 0 bridgehead atoms. The molecule has 2 heterocycles.